The molecule has 184 valence electrons. The lowest BCUT2D eigenvalue weighted by Gasteiger charge is -2.11. The molecule has 0 aliphatic rings. The fourth-order valence-corrected chi connectivity index (χ4v) is 3.51. The second-order valence-corrected chi connectivity index (χ2v) is 8.71. The van der Waals surface area contributed by atoms with Crippen molar-refractivity contribution in [1.29, 1.82) is 0 Å². The molecule has 35 heavy (non-hydrogen) atoms. The lowest BCUT2D eigenvalue weighted by molar-refractivity contribution is -0.137. The lowest BCUT2D eigenvalue weighted by atomic mass is 10.0. The number of carbonyl (C=O) groups excluding carboxylic acids is 2. The number of aromatic hydroxyl groups is 1. The minimum Gasteiger partial charge on any atom is -0.505 e. The molecule has 0 aliphatic carbocycles. The minimum atomic E-state index is -0.984. The third-order valence-electron chi connectivity index (χ3n) is 5.40. The van der Waals surface area contributed by atoms with Crippen molar-refractivity contribution >= 4 is 40.1 Å². The predicted octanol–water partition coefficient (Wildman–Crippen LogP) is 4.53. The number of carboxylic acid groups (broad SMARTS) is 1. The Morgan fingerprint density at radius 1 is 1.03 bits per heavy atom. The Morgan fingerprint density at radius 2 is 1.80 bits per heavy atom. The maximum atomic E-state index is 12.8. The summed E-state index contributed by atoms with van der Waals surface area (Å²) in [5.41, 5.74) is 0.370. The van der Waals surface area contributed by atoms with Gasteiger partial charge < -0.3 is 25.3 Å². The first-order valence-corrected chi connectivity index (χ1v) is 11.4. The number of nitrogens with one attached hydrogen (secondary N) is 2. The van der Waals surface area contributed by atoms with E-state index in [0.29, 0.717) is 17.2 Å². The summed E-state index contributed by atoms with van der Waals surface area (Å²) >= 11 is 0. The van der Waals surface area contributed by atoms with Crippen molar-refractivity contribution in [3.05, 3.63) is 64.0 Å². The topological polar surface area (TPSA) is 146 Å². The van der Waals surface area contributed by atoms with Gasteiger partial charge in [-0.1, -0.05) is 26.0 Å². The number of fused-ring (bicyclic) bond motifs is 1. The number of hydrogen-bond acceptors (Lipinski definition) is 6. The van der Waals surface area contributed by atoms with Gasteiger partial charge in [0.1, 0.15) is 5.58 Å². The third-order valence-corrected chi connectivity index (χ3v) is 5.40. The molecular formula is C26H28N2O7. The zero-order valence-corrected chi connectivity index (χ0v) is 19.6. The van der Waals surface area contributed by atoms with E-state index in [4.69, 9.17) is 9.52 Å². The Balaban J connectivity index is 1.77. The van der Waals surface area contributed by atoms with Gasteiger partial charge in [-0.05, 0) is 55.0 Å². The summed E-state index contributed by atoms with van der Waals surface area (Å²) in [6, 6.07) is 11.4. The van der Waals surface area contributed by atoms with E-state index in [-0.39, 0.29) is 35.9 Å². The summed E-state index contributed by atoms with van der Waals surface area (Å²) in [5, 5.41) is 24.5. The van der Waals surface area contributed by atoms with Crippen molar-refractivity contribution < 1.29 is 29.0 Å². The number of aryl methyl sites for hydroxylation is 1. The molecular weight excluding hydrogens is 452 g/mol. The summed E-state index contributed by atoms with van der Waals surface area (Å²) in [6.45, 7) is 4.25. The highest BCUT2D eigenvalue weighted by molar-refractivity contribution is 6.06. The van der Waals surface area contributed by atoms with Gasteiger partial charge >= 0.3 is 11.6 Å². The van der Waals surface area contributed by atoms with Crippen molar-refractivity contribution in [3.8, 4) is 5.75 Å². The first-order chi connectivity index (χ1) is 16.6. The molecule has 3 aromatic rings. The molecule has 0 atom stereocenters. The molecule has 0 bridgehead atoms. The fourth-order valence-electron chi connectivity index (χ4n) is 3.51. The van der Waals surface area contributed by atoms with E-state index in [1.165, 1.54) is 18.2 Å². The quantitative estimate of drug-likeness (QED) is 0.312. The average Bonchev–Trinajstić information content (AvgIpc) is 2.80. The van der Waals surface area contributed by atoms with Gasteiger partial charge in [-0.25, -0.2) is 4.79 Å². The normalized spacial score (nSPS) is 10.9. The van der Waals surface area contributed by atoms with E-state index in [1.54, 1.807) is 18.2 Å². The summed E-state index contributed by atoms with van der Waals surface area (Å²) in [4.78, 5) is 47.8. The van der Waals surface area contributed by atoms with Crippen molar-refractivity contribution in [2.45, 2.75) is 46.0 Å². The smallest absolute Gasteiger partial charge is 0.364 e. The molecule has 0 radical (unpaired) electrons. The zero-order chi connectivity index (χ0) is 25.5. The number of rotatable bonds is 10. The molecule has 0 saturated heterocycles. The number of carboxylic acids is 1. The predicted molar refractivity (Wildman–Crippen MR) is 132 cm³/mol. The average molecular weight is 481 g/mol. The molecule has 0 aliphatic heterocycles. The Kier molecular flexibility index (Phi) is 8.25. The molecule has 3 rings (SSSR count). The van der Waals surface area contributed by atoms with Crippen LogP contribution in [0.5, 0.6) is 5.75 Å². The SMILES string of the molecule is CC(C)CCc1cccc(C(=O)Nc2c(O)c3ccc(NC(=O)CCCC(=O)O)cc3oc2=O)c1. The van der Waals surface area contributed by atoms with Gasteiger partial charge in [-0.2, -0.15) is 0 Å². The standard InChI is InChI=1S/C26H28N2O7/c1-15(2)9-10-16-5-3-6-17(13-16)25(33)28-23-24(32)19-12-11-18(14-20(19)35-26(23)34)27-21(29)7-4-8-22(30)31/h3,5-6,11-15,32H,4,7-10H2,1-2H3,(H,27,29)(H,28,33)(H,30,31). The third kappa shape index (κ3) is 6.92. The van der Waals surface area contributed by atoms with Crippen LogP contribution in [-0.2, 0) is 16.0 Å². The zero-order valence-electron chi connectivity index (χ0n) is 19.6. The van der Waals surface area contributed by atoms with Crippen LogP contribution in [0.15, 0.2) is 51.7 Å². The molecule has 2 aromatic carbocycles. The summed E-state index contributed by atoms with van der Waals surface area (Å²) in [5.74, 6) is -1.85. The summed E-state index contributed by atoms with van der Waals surface area (Å²) in [7, 11) is 0. The Bertz CT molecular complexity index is 1310. The van der Waals surface area contributed by atoms with E-state index in [9.17, 15) is 24.3 Å². The fraction of sp³-hybridized carbons (Fsp3) is 0.308. The van der Waals surface area contributed by atoms with Crippen LogP contribution in [0, 0.1) is 5.92 Å². The highest BCUT2D eigenvalue weighted by Gasteiger charge is 2.18. The molecule has 0 fully saturated rings. The Morgan fingerprint density at radius 3 is 2.51 bits per heavy atom. The van der Waals surface area contributed by atoms with E-state index in [1.807, 2.05) is 6.07 Å². The molecule has 1 aromatic heterocycles. The highest BCUT2D eigenvalue weighted by atomic mass is 16.4. The lowest BCUT2D eigenvalue weighted by Crippen LogP contribution is -2.18. The summed E-state index contributed by atoms with van der Waals surface area (Å²) in [6.07, 6.45) is 1.88. The number of benzene rings is 2. The van der Waals surface area contributed by atoms with Crippen LogP contribution in [0.4, 0.5) is 11.4 Å². The van der Waals surface area contributed by atoms with Crippen LogP contribution in [0.1, 0.15) is 55.5 Å². The van der Waals surface area contributed by atoms with Gasteiger partial charge in [0.2, 0.25) is 5.91 Å². The Hall–Kier alpha value is -4.14. The molecule has 1 heterocycles. The largest absolute Gasteiger partial charge is 0.505 e. The number of amides is 2. The molecule has 9 nitrogen and oxygen atoms in total. The monoisotopic (exact) mass is 480 g/mol. The van der Waals surface area contributed by atoms with Crippen LogP contribution >= 0.6 is 0 Å². The highest BCUT2D eigenvalue weighted by Crippen LogP contribution is 2.31. The number of hydrogen-bond donors (Lipinski definition) is 4. The number of carbonyl (C=O) groups is 3. The van der Waals surface area contributed by atoms with Gasteiger partial charge in [-0.3, -0.25) is 14.4 Å². The van der Waals surface area contributed by atoms with Crippen molar-refractivity contribution in [1.82, 2.24) is 0 Å². The number of anilines is 2. The van der Waals surface area contributed by atoms with Crippen molar-refractivity contribution in [2.75, 3.05) is 10.6 Å². The molecule has 0 saturated carbocycles. The van der Waals surface area contributed by atoms with Gasteiger partial charge in [0.15, 0.2) is 11.4 Å². The van der Waals surface area contributed by atoms with Crippen LogP contribution < -0.4 is 16.3 Å². The van der Waals surface area contributed by atoms with E-state index in [2.05, 4.69) is 24.5 Å². The second-order valence-electron chi connectivity index (χ2n) is 8.71. The first-order valence-electron chi connectivity index (χ1n) is 11.4. The van der Waals surface area contributed by atoms with Gasteiger partial charge in [-0.15, -0.1) is 0 Å². The molecule has 0 spiro atoms. The molecule has 2 amide bonds. The van der Waals surface area contributed by atoms with E-state index >= 15 is 0 Å². The molecule has 4 N–H and O–H groups in total. The molecule has 9 heteroatoms. The van der Waals surface area contributed by atoms with Crippen molar-refractivity contribution in [3.63, 3.8) is 0 Å². The maximum Gasteiger partial charge on any atom is 0.364 e. The molecule has 0 unspecified atom stereocenters. The van der Waals surface area contributed by atoms with Gasteiger partial charge in [0.25, 0.3) is 5.91 Å². The summed E-state index contributed by atoms with van der Waals surface area (Å²) < 4.78 is 5.27. The van der Waals surface area contributed by atoms with E-state index in [0.717, 1.165) is 18.4 Å². The van der Waals surface area contributed by atoms with Crippen LogP contribution in [0.3, 0.4) is 0 Å². The van der Waals surface area contributed by atoms with E-state index < -0.39 is 29.2 Å². The minimum absolute atomic E-state index is 0.0170. The van der Waals surface area contributed by atoms with Gasteiger partial charge in [0.05, 0.1) is 5.39 Å². The first kappa shape index (κ1) is 25.5. The maximum absolute atomic E-state index is 12.8. The van der Waals surface area contributed by atoms with Crippen LogP contribution in [0.2, 0.25) is 0 Å². The van der Waals surface area contributed by atoms with Crippen LogP contribution in [0.25, 0.3) is 11.0 Å². The number of aliphatic carboxylic acids is 1. The van der Waals surface area contributed by atoms with Crippen LogP contribution in [-0.4, -0.2) is 28.0 Å². The van der Waals surface area contributed by atoms with Gasteiger partial charge in [0, 0.05) is 30.2 Å². The van der Waals surface area contributed by atoms with Crippen molar-refractivity contribution in [2.24, 2.45) is 5.92 Å². The second kappa shape index (κ2) is 11.3. The Labute approximate surface area is 201 Å².